The molecule has 0 saturated heterocycles. The van der Waals surface area contributed by atoms with Gasteiger partial charge in [-0.1, -0.05) is 0 Å². The van der Waals surface area contributed by atoms with Gasteiger partial charge in [-0.05, 0) is 13.8 Å². The van der Waals surface area contributed by atoms with Gasteiger partial charge in [0.15, 0.2) is 0 Å². The van der Waals surface area contributed by atoms with Crippen LogP contribution in [0.5, 0.6) is 0 Å². The fourth-order valence-corrected chi connectivity index (χ4v) is 2.04. The van der Waals surface area contributed by atoms with Crippen molar-refractivity contribution in [2.24, 2.45) is 0 Å². The van der Waals surface area contributed by atoms with E-state index in [0.717, 1.165) is 5.56 Å². The zero-order chi connectivity index (χ0) is 11.5. The molecule has 6 nitrogen and oxygen atoms in total. The topological polar surface area (TPSA) is 78.1 Å². The molecule has 0 aromatic carbocycles. The van der Waals surface area contributed by atoms with Gasteiger partial charge in [0.1, 0.15) is 0 Å². The summed E-state index contributed by atoms with van der Waals surface area (Å²) in [5.41, 5.74) is 0.802. The maximum atomic E-state index is 11.7. The van der Waals surface area contributed by atoms with Crippen LogP contribution in [-0.2, 0) is 16.8 Å². The molecule has 0 amide bonds. The van der Waals surface area contributed by atoms with Gasteiger partial charge < -0.3 is 0 Å². The first kappa shape index (κ1) is 12.2. The lowest BCUT2D eigenvalue weighted by Gasteiger charge is -2.20. The van der Waals surface area contributed by atoms with Crippen molar-refractivity contribution in [3.05, 3.63) is 18.0 Å². The number of hydrogen-bond acceptors (Lipinski definition) is 3. The van der Waals surface area contributed by atoms with Crippen LogP contribution in [0, 0.1) is 0 Å². The van der Waals surface area contributed by atoms with E-state index in [2.05, 4.69) is 14.9 Å². The first-order chi connectivity index (χ1) is 6.93. The molecule has 0 aliphatic heterocycles. The first-order valence-corrected chi connectivity index (χ1v) is 6.08. The van der Waals surface area contributed by atoms with Gasteiger partial charge in [0.05, 0.1) is 6.20 Å². The maximum Gasteiger partial charge on any atom is 0.279 e. The van der Waals surface area contributed by atoms with Crippen LogP contribution >= 0.6 is 0 Å². The molecule has 1 rings (SSSR count). The second kappa shape index (κ2) is 4.73. The predicted octanol–water partition coefficient (Wildman–Crippen LogP) is 0.0843. The van der Waals surface area contributed by atoms with Gasteiger partial charge in [0, 0.05) is 31.4 Å². The predicted molar refractivity (Wildman–Crippen MR) is 57.2 cm³/mol. The molecule has 15 heavy (non-hydrogen) atoms. The van der Waals surface area contributed by atoms with Crippen LogP contribution in [0.25, 0.3) is 0 Å². The average Bonchev–Trinajstić information content (AvgIpc) is 2.66. The minimum Gasteiger partial charge on any atom is -0.285 e. The molecule has 1 aromatic heterocycles. The van der Waals surface area contributed by atoms with Crippen molar-refractivity contribution < 1.29 is 8.42 Å². The summed E-state index contributed by atoms with van der Waals surface area (Å²) in [5.74, 6) is 0. The van der Waals surface area contributed by atoms with Crippen LogP contribution in [0.1, 0.15) is 19.4 Å². The van der Waals surface area contributed by atoms with Gasteiger partial charge >= 0.3 is 0 Å². The Labute approximate surface area is 89.9 Å². The van der Waals surface area contributed by atoms with Gasteiger partial charge in [0.25, 0.3) is 10.2 Å². The lowest BCUT2D eigenvalue weighted by molar-refractivity contribution is 0.402. The molecule has 0 fully saturated rings. The Morgan fingerprint density at radius 2 is 2.27 bits per heavy atom. The fourth-order valence-electron chi connectivity index (χ4n) is 0.928. The summed E-state index contributed by atoms with van der Waals surface area (Å²) < 4.78 is 27.1. The number of nitrogens with one attached hydrogen (secondary N) is 2. The smallest absolute Gasteiger partial charge is 0.279 e. The average molecular weight is 232 g/mol. The molecule has 86 valence electrons. The van der Waals surface area contributed by atoms with Gasteiger partial charge in [-0.3, -0.25) is 5.10 Å². The zero-order valence-electron chi connectivity index (χ0n) is 9.06. The number of H-pyrrole nitrogens is 1. The largest absolute Gasteiger partial charge is 0.285 e. The quantitative estimate of drug-likeness (QED) is 0.755. The van der Waals surface area contributed by atoms with E-state index in [0.29, 0.717) is 0 Å². The lowest BCUT2D eigenvalue weighted by atomic mass is 10.4. The Kier molecular flexibility index (Phi) is 3.83. The van der Waals surface area contributed by atoms with E-state index in [1.54, 1.807) is 19.4 Å². The molecule has 0 unspecified atom stereocenters. The van der Waals surface area contributed by atoms with Crippen LogP contribution in [0.15, 0.2) is 12.4 Å². The Morgan fingerprint density at radius 3 is 2.73 bits per heavy atom. The molecular formula is C8H16N4O2S. The monoisotopic (exact) mass is 232 g/mol. The zero-order valence-corrected chi connectivity index (χ0v) is 9.87. The Balaban J connectivity index is 2.58. The van der Waals surface area contributed by atoms with E-state index >= 15 is 0 Å². The molecule has 0 aliphatic rings. The minimum absolute atomic E-state index is 0.0631. The van der Waals surface area contributed by atoms with E-state index in [4.69, 9.17) is 0 Å². The summed E-state index contributed by atoms with van der Waals surface area (Å²) >= 11 is 0. The van der Waals surface area contributed by atoms with Crippen LogP contribution in [0.4, 0.5) is 0 Å². The molecule has 7 heteroatoms. The Bertz CT molecular complexity index is 385. The van der Waals surface area contributed by atoms with Gasteiger partial charge in [0.2, 0.25) is 0 Å². The number of aromatic nitrogens is 2. The highest BCUT2D eigenvalue weighted by molar-refractivity contribution is 7.87. The third-order valence-corrected chi connectivity index (χ3v) is 3.81. The van der Waals surface area contributed by atoms with Crippen LogP contribution in [0.3, 0.4) is 0 Å². The third kappa shape index (κ3) is 3.29. The van der Waals surface area contributed by atoms with Crippen molar-refractivity contribution in [3.8, 4) is 0 Å². The second-order valence-electron chi connectivity index (χ2n) is 3.54. The SMILES string of the molecule is CC(C)N(C)S(=O)(=O)NCc1cn[nH]c1. The molecule has 0 saturated carbocycles. The van der Waals surface area contributed by atoms with E-state index in [1.165, 1.54) is 4.31 Å². The molecule has 0 aliphatic carbocycles. The standard InChI is InChI=1S/C8H16N4O2S/c1-7(2)12(3)15(13,14)11-6-8-4-9-10-5-8/h4-5,7,11H,6H2,1-3H3,(H,9,10). The summed E-state index contributed by atoms with van der Waals surface area (Å²) in [6.45, 7) is 3.88. The number of rotatable bonds is 5. The van der Waals surface area contributed by atoms with E-state index in [9.17, 15) is 8.42 Å². The lowest BCUT2D eigenvalue weighted by Crippen LogP contribution is -2.41. The van der Waals surface area contributed by atoms with Crippen molar-refractivity contribution in [2.75, 3.05) is 7.05 Å². The highest BCUT2D eigenvalue weighted by Crippen LogP contribution is 2.02. The summed E-state index contributed by atoms with van der Waals surface area (Å²) in [6.07, 6.45) is 3.23. The summed E-state index contributed by atoms with van der Waals surface area (Å²) in [7, 11) is -1.85. The van der Waals surface area contributed by atoms with Crippen molar-refractivity contribution in [3.63, 3.8) is 0 Å². The van der Waals surface area contributed by atoms with E-state index in [-0.39, 0.29) is 12.6 Å². The Hall–Kier alpha value is -0.920. The molecular weight excluding hydrogens is 216 g/mol. The first-order valence-electron chi connectivity index (χ1n) is 4.64. The minimum atomic E-state index is -3.39. The molecule has 0 spiro atoms. The third-order valence-electron chi connectivity index (χ3n) is 2.12. The number of nitrogens with zero attached hydrogens (tertiary/aromatic N) is 2. The second-order valence-corrected chi connectivity index (χ2v) is 5.36. The normalized spacial score (nSPS) is 12.6. The van der Waals surface area contributed by atoms with Gasteiger partial charge in [-0.25, -0.2) is 0 Å². The summed E-state index contributed by atoms with van der Waals surface area (Å²) in [6, 6.07) is -0.0631. The van der Waals surface area contributed by atoms with Crippen LogP contribution in [0.2, 0.25) is 0 Å². The summed E-state index contributed by atoms with van der Waals surface area (Å²) in [5, 5.41) is 6.35. The highest BCUT2D eigenvalue weighted by Gasteiger charge is 2.19. The van der Waals surface area contributed by atoms with Gasteiger partial charge in [-0.15, -0.1) is 0 Å². The molecule has 0 atom stereocenters. The van der Waals surface area contributed by atoms with Crippen molar-refractivity contribution >= 4 is 10.2 Å². The highest BCUT2D eigenvalue weighted by atomic mass is 32.2. The molecule has 1 aromatic rings. The van der Waals surface area contributed by atoms with Crippen molar-refractivity contribution in [1.29, 1.82) is 0 Å². The molecule has 0 radical (unpaired) electrons. The molecule has 2 N–H and O–H groups in total. The summed E-state index contributed by atoms with van der Waals surface area (Å²) in [4.78, 5) is 0. The van der Waals surface area contributed by atoms with E-state index in [1.807, 2.05) is 13.8 Å². The van der Waals surface area contributed by atoms with Crippen LogP contribution in [-0.4, -0.2) is 36.0 Å². The number of aromatic amines is 1. The van der Waals surface area contributed by atoms with Crippen molar-refractivity contribution in [1.82, 2.24) is 19.2 Å². The van der Waals surface area contributed by atoms with E-state index < -0.39 is 10.2 Å². The fraction of sp³-hybridized carbons (Fsp3) is 0.625. The molecule has 1 heterocycles. The maximum absolute atomic E-state index is 11.7. The van der Waals surface area contributed by atoms with Crippen LogP contribution < -0.4 is 4.72 Å². The molecule has 0 bridgehead atoms. The van der Waals surface area contributed by atoms with Gasteiger partial charge in [-0.2, -0.15) is 22.5 Å². The Morgan fingerprint density at radius 1 is 1.60 bits per heavy atom. The van der Waals surface area contributed by atoms with Crippen molar-refractivity contribution in [2.45, 2.75) is 26.4 Å². The number of hydrogen-bond donors (Lipinski definition) is 2.